The Morgan fingerprint density at radius 2 is 1.55 bits per heavy atom. The molecule has 0 unspecified atom stereocenters. The number of benzene rings is 3. The molecule has 6 heteroatoms. The third-order valence-corrected chi connectivity index (χ3v) is 4.97. The van der Waals surface area contributed by atoms with Crippen molar-refractivity contribution in [2.45, 2.75) is 0 Å². The predicted octanol–water partition coefficient (Wildman–Crippen LogP) is 5.42. The molecule has 5 aromatic rings. The Bertz CT molecular complexity index is 1420. The lowest BCUT2D eigenvalue weighted by Crippen LogP contribution is -2.05. The molecule has 0 saturated heterocycles. The van der Waals surface area contributed by atoms with E-state index in [9.17, 15) is 4.79 Å². The molecule has 0 aliphatic heterocycles. The largest absolute Gasteiger partial charge is 0.465 e. The van der Waals surface area contributed by atoms with Crippen molar-refractivity contribution in [1.29, 1.82) is 0 Å². The number of aromatic nitrogens is 3. The smallest absolute Gasteiger partial charge is 0.341 e. The number of fused-ring (bicyclic) bond motifs is 2. The van der Waals surface area contributed by atoms with Gasteiger partial charge < -0.3 is 9.47 Å². The number of rotatable bonds is 4. The molecule has 3 aromatic carbocycles. The maximum atomic E-state index is 12.5. The molecule has 0 spiro atoms. The average Bonchev–Trinajstić information content (AvgIpc) is 2.83. The molecule has 0 radical (unpaired) electrons. The lowest BCUT2D eigenvalue weighted by molar-refractivity contribution is 0.0598. The number of carbonyl (C=O) groups is 1. The van der Waals surface area contributed by atoms with Gasteiger partial charge in [0.2, 0.25) is 5.88 Å². The van der Waals surface area contributed by atoms with E-state index in [1.807, 2.05) is 66.7 Å². The monoisotopic (exact) mass is 407 g/mol. The van der Waals surface area contributed by atoms with Gasteiger partial charge in [0, 0.05) is 18.0 Å². The first kappa shape index (κ1) is 18.7. The van der Waals surface area contributed by atoms with Crippen molar-refractivity contribution in [3.63, 3.8) is 0 Å². The summed E-state index contributed by atoms with van der Waals surface area (Å²) in [6.45, 7) is 0. The molecular weight excluding hydrogens is 390 g/mol. The van der Waals surface area contributed by atoms with Gasteiger partial charge in [0.15, 0.2) is 5.82 Å². The third-order valence-electron chi connectivity index (χ3n) is 4.97. The Balaban J connectivity index is 1.70. The fraction of sp³-hybridized carbons (Fsp3) is 0.0400. The van der Waals surface area contributed by atoms with Crippen LogP contribution in [0.1, 0.15) is 10.4 Å². The number of nitrogens with zero attached hydrogens (tertiary/aromatic N) is 3. The van der Waals surface area contributed by atoms with Crippen LogP contribution in [0.15, 0.2) is 85.2 Å². The van der Waals surface area contributed by atoms with Crippen LogP contribution in [0.25, 0.3) is 33.1 Å². The summed E-state index contributed by atoms with van der Waals surface area (Å²) in [5.74, 6) is 0.762. The molecule has 0 amide bonds. The Labute approximate surface area is 178 Å². The number of methoxy groups -OCH3 is 1. The van der Waals surface area contributed by atoms with Crippen molar-refractivity contribution in [1.82, 2.24) is 15.0 Å². The molecule has 0 aliphatic rings. The van der Waals surface area contributed by atoms with Crippen LogP contribution in [0.4, 0.5) is 0 Å². The second kappa shape index (κ2) is 7.84. The number of esters is 1. The molecule has 0 saturated carbocycles. The number of hydrogen-bond acceptors (Lipinski definition) is 6. The van der Waals surface area contributed by atoms with Gasteiger partial charge in [-0.2, -0.15) is 4.98 Å². The summed E-state index contributed by atoms with van der Waals surface area (Å²) in [5.41, 5.74) is 1.88. The number of carbonyl (C=O) groups excluding carboxylic acids is 1. The van der Waals surface area contributed by atoms with Gasteiger partial charge in [-0.3, -0.25) is 4.98 Å². The highest BCUT2D eigenvalue weighted by molar-refractivity contribution is 5.99. The van der Waals surface area contributed by atoms with E-state index in [1.54, 1.807) is 18.5 Å². The molecule has 0 atom stereocenters. The van der Waals surface area contributed by atoms with Crippen LogP contribution in [0, 0.1) is 0 Å². The minimum absolute atomic E-state index is 0.328. The fourth-order valence-electron chi connectivity index (χ4n) is 3.43. The zero-order valence-corrected chi connectivity index (χ0v) is 16.6. The van der Waals surface area contributed by atoms with Gasteiger partial charge >= 0.3 is 5.97 Å². The SMILES string of the molecule is COC(=O)c1cc2ccccc2cc1Oc1nc(-c2ccncc2)nc2ccccc12. The van der Waals surface area contributed by atoms with Gasteiger partial charge in [-0.05, 0) is 47.2 Å². The maximum absolute atomic E-state index is 12.5. The van der Waals surface area contributed by atoms with E-state index in [4.69, 9.17) is 9.47 Å². The highest BCUT2D eigenvalue weighted by atomic mass is 16.5. The van der Waals surface area contributed by atoms with Crippen molar-refractivity contribution in [2.75, 3.05) is 7.11 Å². The fourth-order valence-corrected chi connectivity index (χ4v) is 3.43. The number of hydrogen-bond donors (Lipinski definition) is 0. The van der Waals surface area contributed by atoms with Gasteiger partial charge in [0.05, 0.1) is 18.0 Å². The molecule has 2 heterocycles. The van der Waals surface area contributed by atoms with Gasteiger partial charge in [0.1, 0.15) is 11.3 Å². The highest BCUT2D eigenvalue weighted by Gasteiger charge is 2.18. The first-order chi connectivity index (χ1) is 15.2. The Morgan fingerprint density at radius 3 is 2.32 bits per heavy atom. The standard InChI is InChI=1S/C25H17N3O3/c1-30-25(29)20-14-17-6-2-3-7-18(17)15-22(20)31-24-19-8-4-5-9-21(19)27-23(28-24)16-10-12-26-13-11-16/h2-15H,1H3. The molecule has 0 fully saturated rings. The van der Waals surface area contributed by atoms with E-state index < -0.39 is 5.97 Å². The lowest BCUT2D eigenvalue weighted by atomic mass is 10.1. The van der Waals surface area contributed by atoms with Crippen LogP contribution in [-0.2, 0) is 4.74 Å². The molecule has 2 aromatic heterocycles. The molecule has 150 valence electrons. The van der Waals surface area contributed by atoms with Crippen LogP contribution >= 0.6 is 0 Å². The van der Waals surface area contributed by atoms with Crippen LogP contribution in [0.5, 0.6) is 11.6 Å². The Kier molecular flexibility index (Phi) is 4.72. The van der Waals surface area contributed by atoms with Gasteiger partial charge in [-0.1, -0.05) is 36.4 Å². The van der Waals surface area contributed by atoms with Crippen molar-refractivity contribution in [2.24, 2.45) is 0 Å². The van der Waals surface area contributed by atoms with E-state index in [2.05, 4.69) is 15.0 Å². The number of pyridine rings is 1. The maximum Gasteiger partial charge on any atom is 0.341 e. The average molecular weight is 407 g/mol. The van der Waals surface area contributed by atoms with E-state index in [0.29, 0.717) is 23.0 Å². The summed E-state index contributed by atoms with van der Waals surface area (Å²) in [4.78, 5) is 25.9. The first-order valence-corrected chi connectivity index (χ1v) is 9.69. The van der Waals surface area contributed by atoms with Crippen molar-refractivity contribution >= 4 is 27.6 Å². The van der Waals surface area contributed by atoms with Crippen LogP contribution in [-0.4, -0.2) is 28.0 Å². The lowest BCUT2D eigenvalue weighted by Gasteiger charge is -2.13. The quantitative estimate of drug-likeness (QED) is 0.370. The minimum Gasteiger partial charge on any atom is -0.465 e. The second-order valence-corrected chi connectivity index (χ2v) is 6.89. The first-order valence-electron chi connectivity index (χ1n) is 9.69. The van der Waals surface area contributed by atoms with Gasteiger partial charge in [-0.15, -0.1) is 0 Å². The molecule has 0 N–H and O–H groups in total. The van der Waals surface area contributed by atoms with Crippen LogP contribution in [0.2, 0.25) is 0 Å². The van der Waals surface area contributed by atoms with E-state index in [-0.39, 0.29) is 0 Å². The third kappa shape index (κ3) is 3.55. The van der Waals surface area contributed by atoms with E-state index >= 15 is 0 Å². The normalized spacial score (nSPS) is 10.9. The molecule has 6 nitrogen and oxygen atoms in total. The number of para-hydroxylation sites is 1. The van der Waals surface area contributed by atoms with E-state index in [0.717, 1.165) is 27.2 Å². The summed E-state index contributed by atoms with van der Waals surface area (Å²) in [7, 11) is 1.35. The van der Waals surface area contributed by atoms with E-state index in [1.165, 1.54) is 7.11 Å². The van der Waals surface area contributed by atoms with Crippen LogP contribution in [0.3, 0.4) is 0 Å². The summed E-state index contributed by atoms with van der Waals surface area (Å²) < 4.78 is 11.2. The second-order valence-electron chi connectivity index (χ2n) is 6.89. The summed E-state index contributed by atoms with van der Waals surface area (Å²) in [6.07, 6.45) is 3.38. The zero-order chi connectivity index (χ0) is 21.2. The topological polar surface area (TPSA) is 74.2 Å². The molecule has 31 heavy (non-hydrogen) atoms. The minimum atomic E-state index is -0.478. The number of ether oxygens (including phenoxy) is 2. The summed E-state index contributed by atoms with van der Waals surface area (Å²) in [5, 5.41) is 2.60. The van der Waals surface area contributed by atoms with Gasteiger partial charge in [-0.25, -0.2) is 9.78 Å². The van der Waals surface area contributed by atoms with Crippen LogP contribution < -0.4 is 4.74 Å². The highest BCUT2D eigenvalue weighted by Crippen LogP contribution is 2.34. The molecule has 5 rings (SSSR count). The molecular formula is C25H17N3O3. The van der Waals surface area contributed by atoms with Gasteiger partial charge in [0.25, 0.3) is 0 Å². The van der Waals surface area contributed by atoms with Crippen molar-refractivity contribution in [3.05, 3.63) is 90.8 Å². The Hall–Kier alpha value is -4.32. The zero-order valence-electron chi connectivity index (χ0n) is 16.6. The Morgan fingerprint density at radius 1 is 0.839 bits per heavy atom. The molecule has 0 bridgehead atoms. The van der Waals surface area contributed by atoms with Crippen molar-refractivity contribution in [3.8, 4) is 23.0 Å². The summed E-state index contributed by atoms with van der Waals surface area (Å²) in [6, 6.07) is 22.6. The predicted molar refractivity (Wildman–Crippen MR) is 118 cm³/mol. The van der Waals surface area contributed by atoms with Crippen molar-refractivity contribution < 1.29 is 14.3 Å². The summed E-state index contributed by atoms with van der Waals surface area (Å²) >= 11 is 0. The molecule has 0 aliphatic carbocycles.